The number of rotatable bonds is 4. The summed E-state index contributed by atoms with van der Waals surface area (Å²) in [7, 11) is 0. The highest BCUT2D eigenvalue weighted by atomic mass is 35.5. The van der Waals surface area contributed by atoms with Crippen LogP contribution >= 0.6 is 11.6 Å². The van der Waals surface area contributed by atoms with E-state index in [4.69, 9.17) is 16.3 Å². The topological polar surface area (TPSA) is 26.3 Å². The molecule has 0 unspecified atom stereocenters. The lowest BCUT2D eigenvalue weighted by molar-refractivity contribution is -0.138. The van der Waals surface area contributed by atoms with Gasteiger partial charge in [-0.1, -0.05) is 41.9 Å². The number of esters is 1. The first kappa shape index (κ1) is 17.1. The number of halogens is 4. The van der Waals surface area contributed by atoms with E-state index < -0.39 is 17.7 Å². The third-order valence-corrected chi connectivity index (χ3v) is 3.28. The maximum absolute atomic E-state index is 12.6. The monoisotopic (exact) mass is 340 g/mol. The summed E-state index contributed by atoms with van der Waals surface area (Å²) in [6, 6.07) is 11.6. The van der Waals surface area contributed by atoms with E-state index in [1.165, 1.54) is 24.3 Å². The van der Waals surface area contributed by atoms with Gasteiger partial charge in [-0.2, -0.15) is 13.2 Å². The van der Waals surface area contributed by atoms with Gasteiger partial charge in [0.25, 0.3) is 0 Å². The molecule has 23 heavy (non-hydrogen) atoms. The largest absolute Gasteiger partial charge is 0.458 e. The molecule has 2 nitrogen and oxygen atoms in total. The third kappa shape index (κ3) is 5.14. The van der Waals surface area contributed by atoms with Crippen molar-refractivity contribution in [1.82, 2.24) is 0 Å². The molecule has 0 heterocycles. The number of hydrogen-bond acceptors (Lipinski definition) is 2. The Bertz CT molecular complexity index is 724. The van der Waals surface area contributed by atoms with Crippen LogP contribution in [0.5, 0.6) is 0 Å². The Labute approximate surface area is 136 Å². The molecule has 6 heteroatoms. The molecule has 0 spiro atoms. The molecule has 0 aliphatic heterocycles. The van der Waals surface area contributed by atoms with Crippen LogP contribution in [0.1, 0.15) is 16.7 Å². The molecule has 0 aromatic heterocycles. The van der Waals surface area contributed by atoms with E-state index in [0.717, 1.165) is 12.1 Å². The molecule has 2 rings (SSSR count). The first-order valence-corrected chi connectivity index (χ1v) is 6.99. The summed E-state index contributed by atoms with van der Waals surface area (Å²) >= 11 is 5.93. The van der Waals surface area contributed by atoms with Crippen molar-refractivity contribution in [3.05, 3.63) is 76.3 Å². The minimum absolute atomic E-state index is 0.240. The predicted molar refractivity (Wildman–Crippen MR) is 81.7 cm³/mol. The zero-order chi connectivity index (χ0) is 16.9. The molecular formula is C17H12ClF3O2. The number of ether oxygens (including phenoxy) is 1. The lowest BCUT2D eigenvalue weighted by Crippen LogP contribution is -2.06. The summed E-state index contributed by atoms with van der Waals surface area (Å²) in [6.07, 6.45) is -1.77. The van der Waals surface area contributed by atoms with Crippen LogP contribution in [0.25, 0.3) is 6.08 Å². The molecule has 0 amide bonds. The van der Waals surface area contributed by atoms with Gasteiger partial charge in [0.1, 0.15) is 6.61 Å². The van der Waals surface area contributed by atoms with Gasteiger partial charge in [0, 0.05) is 11.1 Å². The first-order valence-electron chi connectivity index (χ1n) is 6.62. The highest BCUT2D eigenvalue weighted by Crippen LogP contribution is 2.29. The van der Waals surface area contributed by atoms with Crippen molar-refractivity contribution in [2.75, 3.05) is 0 Å². The van der Waals surface area contributed by atoms with Gasteiger partial charge in [0.15, 0.2) is 0 Å². The van der Waals surface area contributed by atoms with Gasteiger partial charge in [-0.25, -0.2) is 4.79 Å². The van der Waals surface area contributed by atoms with Gasteiger partial charge in [0.2, 0.25) is 0 Å². The van der Waals surface area contributed by atoms with Crippen LogP contribution in [-0.4, -0.2) is 5.97 Å². The molecule has 2 aromatic rings. The van der Waals surface area contributed by atoms with E-state index in [9.17, 15) is 18.0 Å². The number of alkyl halides is 3. The fraction of sp³-hybridized carbons (Fsp3) is 0.118. The SMILES string of the molecule is O=C(/C=C/c1ccccc1Cl)OCc1cccc(C(F)(F)F)c1. The lowest BCUT2D eigenvalue weighted by Gasteiger charge is -2.08. The van der Waals surface area contributed by atoms with Gasteiger partial charge in [-0.05, 0) is 35.4 Å². The van der Waals surface area contributed by atoms with E-state index in [2.05, 4.69) is 0 Å². The smallest absolute Gasteiger partial charge is 0.416 e. The Morgan fingerprint density at radius 3 is 2.57 bits per heavy atom. The summed E-state index contributed by atoms with van der Waals surface area (Å²) in [5.41, 5.74) is 0.127. The molecule has 0 atom stereocenters. The molecule has 0 aliphatic carbocycles. The molecule has 120 valence electrons. The molecule has 0 fully saturated rings. The molecular weight excluding hydrogens is 329 g/mol. The zero-order valence-corrected chi connectivity index (χ0v) is 12.6. The average Bonchev–Trinajstić information content (AvgIpc) is 2.51. The molecule has 0 bridgehead atoms. The maximum atomic E-state index is 12.6. The summed E-state index contributed by atoms with van der Waals surface area (Å²) in [5, 5.41) is 0.481. The van der Waals surface area contributed by atoms with E-state index in [-0.39, 0.29) is 12.2 Å². The summed E-state index contributed by atoms with van der Waals surface area (Å²) < 4.78 is 42.7. The number of carbonyl (C=O) groups excluding carboxylic acids is 1. The molecule has 2 aromatic carbocycles. The number of hydrogen-bond donors (Lipinski definition) is 0. The highest BCUT2D eigenvalue weighted by Gasteiger charge is 2.30. The highest BCUT2D eigenvalue weighted by molar-refractivity contribution is 6.32. The van der Waals surface area contributed by atoms with Crippen LogP contribution in [0.2, 0.25) is 5.02 Å². The quantitative estimate of drug-likeness (QED) is 0.570. The van der Waals surface area contributed by atoms with Crippen LogP contribution in [0.15, 0.2) is 54.6 Å². The standard InChI is InChI=1S/C17H12ClF3O2/c18-15-7-2-1-5-13(15)8-9-16(22)23-11-12-4-3-6-14(10-12)17(19,20)21/h1-10H,11H2/b9-8+. The van der Waals surface area contributed by atoms with Crippen molar-refractivity contribution >= 4 is 23.6 Å². The van der Waals surface area contributed by atoms with Crippen LogP contribution in [0.4, 0.5) is 13.2 Å². The Kier molecular flexibility index (Phi) is 5.45. The minimum Gasteiger partial charge on any atom is -0.458 e. The van der Waals surface area contributed by atoms with Crippen LogP contribution < -0.4 is 0 Å². The fourth-order valence-corrected chi connectivity index (χ4v) is 2.01. The summed E-state index contributed by atoms with van der Waals surface area (Å²) in [5.74, 6) is -0.665. The van der Waals surface area contributed by atoms with Crippen molar-refractivity contribution in [2.24, 2.45) is 0 Å². The predicted octanol–water partition coefficient (Wildman–Crippen LogP) is 5.12. The van der Waals surface area contributed by atoms with Gasteiger partial charge in [-0.15, -0.1) is 0 Å². The molecule has 0 N–H and O–H groups in total. The van der Waals surface area contributed by atoms with E-state index in [1.807, 2.05) is 0 Å². The second-order valence-corrected chi connectivity index (χ2v) is 5.07. The summed E-state index contributed by atoms with van der Waals surface area (Å²) in [6.45, 7) is -0.240. The van der Waals surface area contributed by atoms with Crippen molar-refractivity contribution in [1.29, 1.82) is 0 Å². The molecule has 0 saturated heterocycles. The van der Waals surface area contributed by atoms with Crippen LogP contribution in [0, 0.1) is 0 Å². The van der Waals surface area contributed by atoms with Crippen molar-refractivity contribution in [3.8, 4) is 0 Å². The normalized spacial score (nSPS) is 11.7. The Morgan fingerprint density at radius 1 is 1.13 bits per heavy atom. The second-order valence-electron chi connectivity index (χ2n) is 4.66. The number of benzene rings is 2. The van der Waals surface area contributed by atoms with Gasteiger partial charge in [-0.3, -0.25) is 0 Å². The van der Waals surface area contributed by atoms with Crippen LogP contribution in [-0.2, 0) is 22.3 Å². The fourth-order valence-electron chi connectivity index (χ4n) is 1.81. The van der Waals surface area contributed by atoms with Gasteiger partial charge in [0.05, 0.1) is 5.56 Å². The van der Waals surface area contributed by atoms with Crippen LogP contribution in [0.3, 0.4) is 0 Å². The Balaban J connectivity index is 1.96. The summed E-state index contributed by atoms with van der Waals surface area (Å²) in [4.78, 5) is 11.6. The molecule has 0 radical (unpaired) electrons. The Morgan fingerprint density at radius 2 is 1.87 bits per heavy atom. The first-order chi connectivity index (χ1) is 10.9. The lowest BCUT2D eigenvalue weighted by atomic mass is 10.1. The van der Waals surface area contributed by atoms with Crippen molar-refractivity contribution < 1.29 is 22.7 Å². The van der Waals surface area contributed by atoms with E-state index in [1.54, 1.807) is 24.3 Å². The average molecular weight is 341 g/mol. The second kappa shape index (κ2) is 7.33. The zero-order valence-electron chi connectivity index (χ0n) is 11.8. The molecule has 0 aliphatic rings. The van der Waals surface area contributed by atoms with E-state index in [0.29, 0.717) is 10.6 Å². The third-order valence-electron chi connectivity index (χ3n) is 2.94. The van der Waals surface area contributed by atoms with Gasteiger partial charge < -0.3 is 4.74 Å². The Hall–Kier alpha value is -2.27. The van der Waals surface area contributed by atoms with E-state index >= 15 is 0 Å². The maximum Gasteiger partial charge on any atom is 0.416 e. The minimum atomic E-state index is -4.43. The molecule has 0 saturated carbocycles. The number of carbonyl (C=O) groups is 1. The van der Waals surface area contributed by atoms with Crippen molar-refractivity contribution in [2.45, 2.75) is 12.8 Å². The van der Waals surface area contributed by atoms with Gasteiger partial charge >= 0.3 is 12.1 Å². The van der Waals surface area contributed by atoms with Crippen molar-refractivity contribution in [3.63, 3.8) is 0 Å².